The Morgan fingerprint density at radius 3 is 2.60 bits per heavy atom. The van der Waals surface area contributed by atoms with Gasteiger partial charge in [-0.05, 0) is 48.1 Å². The molecule has 0 spiro atoms. The maximum Gasteiger partial charge on any atom is 0.248 e. The first kappa shape index (κ1) is 17.6. The van der Waals surface area contributed by atoms with E-state index >= 15 is 0 Å². The second-order valence-corrected chi connectivity index (χ2v) is 6.35. The van der Waals surface area contributed by atoms with Gasteiger partial charge in [-0.15, -0.1) is 5.10 Å². The van der Waals surface area contributed by atoms with Crippen molar-refractivity contribution >= 4 is 52.2 Å². The second kappa shape index (κ2) is 7.77. The Balaban J connectivity index is 1.60. The molecule has 0 unspecified atom stereocenters. The highest BCUT2D eigenvalue weighted by Gasteiger charge is 2.07. The van der Waals surface area contributed by atoms with Crippen molar-refractivity contribution in [2.75, 3.05) is 10.6 Å². The van der Waals surface area contributed by atoms with Crippen LogP contribution in [0.4, 0.5) is 16.0 Å². The first-order valence-electron chi connectivity index (χ1n) is 7.16. The number of anilines is 2. The van der Waals surface area contributed by atoms with Gasteiger partial charge in [0, 0.05) is 5.02 Å². The third-order valence-electron chi connectivity index (χ3n) is 3.20. The van der Waals surface area contributed by atoms with Gasteiger partial charge < -0.3 is 5.32 Å². The van der Waals surface area contributed by atoms with Crippen LogP contribution in [0.3, 0.4) is 0 Å². The zero-order valence-electron chi connectivity index (χ0n) is 12.7. The van der Waals surface area contributed by atoms with Gasteiger partial charge in [-0.3, -0.25) is 5.32 Å². The summed E-state index contributed by atoms with van der Waals surface area (Å²) < 4.78 is 14.5. The first-order chi connectivity index (χ1) is 12.0. The molecule has 2 N–H and O–H groups in total. The van der Waals surface area contributed by atoms with E-state index in [4.69, 9.17) is 35.4 Å². The van der Waals surface area contributed by atoms with Crippen LogP contribution in [0.5, 0.6) is 0 Å². The van der Waals surface area contributed by atoms with E-state index in [0.717, 1.165) is 5.56 Å². The summed E-state index contributed by atoms with van der Waals surface area (Å²) in [7, 11) is 0. The van der Waals surface area contributed by atoms with Crippen molar-refractivity contribution in [3.05, 3.63) is 70.2 Å². The van der Waals surface area contributed by atoms with Crippen LogP contribution in [0.15, 0.2) is 48.8 Å². The average molecular weight is 396 g/mol. The summed E-state index contributed by atoms with van der Waals surface area (Å²) in [6.07, 6.45) is 1.56. The molecule has 5 nitrogen and oxygen atoms in total. The van der Waals surface area contributed by atoms with Gasteiger partial charge in [-0.25, -0.2) is 14.1 Å². The van der Waals surface area contributed by atoms with Crippen molar-refractivity contribution in [3.63, 3.8) is 0 Å². The third kappa shape index (κ3) is 4.88. The maximum absolute atomic E-state index is 12.9. The molecule has 0 saturated carbocycles. The lowest BCUT2D eigenvalue weighted by atomic mass is 10.2. The van der Waals surface area contributed by atoms with Gasteiger partial charge >= 0.3 is 0 Å². The highest BCUT2D eigenvalue weighted by atomic mass is 35.5. The van der Waals surface area contributed by atoms with E-state index in [1.807, 2.05) is 0 Å². The van der Waals surface area contributed by atoms with Crippen molar-refractivity contribution in [1.29, 1.82) is 0 Å². The second-order valence-electron chi connectivity index (χ2n) is 5.10. The number of aromatic nitrogens is 3. The first-order valence-corrected chi connectivity index (χ1v) is 8.33. The fourth-order valence-electron chi connectivity index (χ4n) is 2.05. The van der Waals surface area contributed by atoms with Gasteiger partial charge in [0.05, 0.1) is 17.3 Å². The quantitative estimate of drug-likeness (QED) is 0.633. The van der Waals surface area contributed by atoms with Crippen molar-refractivity contribution in [1.82, 2.24) is 14.8 Å². The average Bonchev–Trinajstić information content (AvgIpc) is 2.99. The van der Waals surface area contributed by atoms with Crippen LogP contribution in [-0.2, 0) is 6.54 Å². The fraction of sp³-hybridized carbons (Fsp3) is 0.0625. The molecule has 3 aromatic rings. The van der Waals surface area contributed by atoms with Crippen LogP contribution in [0, 0.1) is 5.82 Å². The molecule has 0 saturated heterocycles. The molecule has 0 aliphatic rings. The van der Waals surface area contributed by atoms with Gasteiger partial charge in [0.25, 0.3) is 0 Å². The zero-order chi connectivity index (χ0) is 17.8. The lowest BCUT2D eigenvalue weighted by Crippen LogP contribution is -2.20. The molecule has 2 aromatic carbocycles. The normalized spacial score (nSPS) is 10.5. The Morgan fingerprint density at radius 2 is 1.88 bits per heavy atom. The van der Waals surface area contributed by atoms with Crippen LogP contribution in [0.25, 0.3) is 0 Å². The Labute approximate surface area is 158 Å². The van der Waals surface area contributed by atoms with E-state index < -0.39 is 0 Å². The number of halogens is 3. The van der Waals surface area contributed by atoms with Gasteiger partial charge in [-0.1, -0.05) is 35.3 Å². The molecule has 1 heterocycles. The monoisotopic (exact) mass is 395 g/mol. The van der Waals surface area contributed by atoms with E-state index in [0.29, 0.717) is 33.3 Å². The molecule has 128 valence electrons. The van der Waals surface area contributed by atoms with E-state index in [-0.39, 0.29) is 5.82 Å². The molecule has 1 aromatic heterocycles. The Bertz CT molecular complexity index is 898. The minimum absolute atomic E-state index is 0.276. The highest BCUT2D eigenvalue weighted by Crippen LogP contribution is 2.25. The number of nitrogens with zero attached hydrogens (tertiary/aromatic N) is 3. The van der Waals surface area contributed by atoms with Gasteiger partial charge in [0.15, 0.2) is 5.11 Å². The third-order valence-corrected chi connectivity index (χ3v) is 3.95. The SMILES string of the molecule is Fc1ccc(Cn2cnc(NC(=S)Nc3ccc(Cl)cc3Cl)n2)cc1. The van der Waals surface area contributed by atoms with Gasteiger partial charge in [0.2, 0.25) is 5.95 Å². The van der Waals surface area contributed by atoms with Crippen LogP contribution >= 0.6 is 35.4 Å². The summed E-state index contributed by atoms with van der Waals surface area (Å²) in [4.78, 5) is 4.13. The topological polar surface area (TPSA) is 54.8 Å². The molecule has 0 aliphatic heterocycles. The van der Waals surface area contributed by atoms with Crippen LogP contribution in [0.2, 0.25) is 10.0 Å². The Hall–Kier alpha value is -2.22. The molecule has 0 aliphatic carbocycles. The predicted molar refractivity (Wildman–Crippen MR) is 102 cm³/mol. The van der Waals surface area contributed by atoms with Crippen molar-refractivity contribution in [2.45, 2.75) is 6.54 Å². The molecular weight excluding hydrogens is 384 g/mol. The summed E-state index contributed by atoms with van der Waals surface area (Å²) in [5.74, 6) is 0.0617. The summed E-state index contributed by atoms with van der Waals surface area (Å²) >= 11 is 17.2. The van der Waals surface area contributed by atoms with E-state index in [9.17, 15) is 4.39 Å². The van der Waals surface area contributed by atoms with Crippen LogP contribution < -0.4 is 10.6 Å². The molecule has 9 heteroatoms. The molecule has 25 heavy (non-hydrogen) atoms. The van der Waals surface area contributed by atoms with Gasteiger partial charge in [0.1, 0.15) is 12.1 Å². The largest absolute Gasteiger partial charge is 0.331 e. The minimum atomic E-state index is -0.276. The number of hydrogen-bond donors (Lipinski definition) is 2. The highest BCUT2D eigenvalue weighted by molar-refractivity contribution is 7.80. The van der Waals surface area contributed by atoms with E-state index in [1.54, 1.807) is 41.3 Å². The Kier molecular flexibility index (Phi) is 5.47. The zero-order valence-corrected chi connectivity index (χ0v) is 15.0. The molecule has 0 atom stereocenters. The number of hydrogen-bond acceptors (Lipinski definition) is 3. The lowest BCUT2D eigenvalue weighted by molar-refractivity contribution is 0.624. The summed E-state index contributed by atoms with van der Waals surface area (Å²) in [5.41, 5.74) is 1.53. The Morgan fingerprint density at radius 1 is 1.12 bits per heavy atom. The van der Waals surface area contributed by atoms with Gasteiger partial charge in [-0.2, -0.15) is 0 Å². The molecular formula is C16H12Cl2FN5S. The van der Waals surface area contributed by atoms with Crippen LogP contribution in [-0.4, -0.2) is 19.9 Å². The number of benzene rings is 2. The van der Waals surface area contributed by atoms with Crippen molar-refractivity contribution < 1.29 is 4.39 Å². The molecule has 0 amide bonds. The number of thiocarbonyl (C=S) groups is 1. The van der Waals surface area contributed by atoms with E-state index in [1.165, 1.54) is 12.1 Å². The summed E-state index contributed by atoms with van der Waals surface area (Å²) in [6.45, 7) is 0.470. The van der Waals surface area contributed by atoms with Crippen LogP contribution in [0.1, 0.15) is 5.56 Å². The summed E-state index contributed by atoms with van der Waals surface area (Å²) in [6, 6.07) is 11.2. The van der Waals surface area contributed by atoms with E-state index in [2.05, 4.69) is 20.7 Å². The predicted octanol–water partition coefficient (Wildman–Crippen LogP) is 4.58. The fourth-order valence-corrected chi connectivity index (χ4v) is 2.71. The minimum Gasteiger partial charge on any atom is -0.331 e. The lowest BCUT2D eigenvalue weighted by Gasteiger charge is -2.09. The van der Waals surface area contributed by atoms with Crippen molar-refractivity contribution in [3.8, 4) is 0 Å². The molecule has 0 radical (unpaired) electrons. The smallest absolute Gasteiger partial charge is 0.248 e. The van der Waals surface area contributed by atoms with Crippen molar-refractivity contribution in [2.24, 2.45) is 0 Å². The molecule has 0 bridgehead atoms. The maximum atomic E-state index is 12.9. The standard InChI is InChI=1S/C16H12Cl2FN5S/c17-11-3-6-14(13(18)7-11)21-16(25)22-15-20-9-24(23-15)8-10-1-4-12(19)5-2-10/h1-7,9H,8H2,(H2,21,22,23,25). The molecule has 3 rings (SSSR count). The molecule has 0 fully saturated rings. The summed E-state index contributed by atoms with van der Waals surface area (Å²) in [5, 5.41) is 11.4. The number of rotatable bonds is 4. The number of nitrogens with one attached hydrogen (secondary N) is 2.